The predicted octanol–water partition coefficient (Wildman–Crippen LogP) is 1.29. The molecule has 5 N–H and O–H groups in total. The minimum absolute atomic E-state index is 0.00101. The van der Waals surface area contributed by atoms with Crippen molar-refractivity contribution in [2.24, 2.45) is 0 Å². The number of hydrogen-bond acceptors (Lipinski definition) is 5. The summed E-state index contributed by atoms with van der Waals surface area (Å²) >= 11 is 0. The average molecular weight is 394 g/mol. The average Bonchev–Trinajstić information content (AvgIpc) is 2.64. The van der Waals surface area contributed by atoms with E-state index in [2.05, 4.69) is 10.6 Å². The van der Waals surface area contributed by atoms with E-state index in [9.17, 15) is 24.3 Å². The van der Waals surface area contributed by atoms with Gasteiger partial charge in [0.1, 0.15) is 17.4 Å². The third-order valence-corrected chi connectivity index (χ3v) is 4.03. The number of carboxylic acids is 2. The number of phenols is 1. The molecule has 0 heterocycles. The molecule has 0 saturated carbocycles. The molecule has 0 aromatic heterocycles. The van der Waals surface area contributed by atoms with Crippen LogP contribution in [0.15, 0.2) is 18.2 Å². The van der Waals surface area contributed by atoms with Crippen molar-refractivity contribution in [2.75, 3.05) is 6.54 Å². The number of aromatic hydroxyl groups is 1. The van der Waals surface area contributed by atoms with Gasteiger partial charge in [0.2, 0.25) is 11.8 Å². The maximum absolute atomic E-state index is 12.5. The summed E-state index contributed by atoms with van der Waals surface area (Å²) in [4.78, 5) is 46.2. The van der Waals surface area contributed by atoms with Gasteiger partial charge in [-0.3, -0.25) is 14.4 Å². The normalized spacial score (nSPS) is 11.5. The fraction of sp³-hybridized carbons (Fsp3) is 0.474. The Kier molecular flexibility index (Phi) is 9.49. The Bertz CT molecular complexity index is 718. The molecule has 154 valence electrons. The molecule has 2 amide bonds. The summed E-state index contributed by atoms with van der Waals surface area (Å²) in [6, 6.07) is 2.91. The third kappa shape index (κ3) is 8.07. The number of hydrogen-bond donors (Lipinski definition) is 5. The summed E-state index contributed by atoms with van der Waals surface area (Å²) in [5.41, 5.74) is 0.124. The van der Waals surface area contributed by atoms with Crippen molar-refractivity contribution in [3.63, 3.8) is 0 Å². The van der Waals surface area contributed by atoms with Crippen LogP contribution in [0.1, 0.15) is 54.9 Å². The molecular weight excluding hydrogens is 368 g/mol. The van der Waals surface area contributed by atoms with E-state index in [4.69, 9.17) is 10.2 Å². The van der Waals surface area contributed by atoms with Crippen LogP contribution in [0.3, 0.4) is 0 Å². The Morgan fingerprint density at radius 2 is 1.79 bits per heavy atom. The highest BCUT2D eigenvalue weighted by Gasteiger charge is 2.22. The second kappa shape index (κ2) is 11.6. The molecule has 0 saturated heterocycles. The highest BCUT2D eigenvalue weighted by atomic mass is 16.4. The number of amides is 2. The first-order valence-corrected chi connectivity index (χ1v) is 9.08. The zero-order valence-electron chi connectivity index (χ0n) is 15.7. The highest BCUT2D eigenvalue weighted by molar-refractivity contribution is 5.91. The van der Waals surface area contributed by atoms with E-state index in [1.165, 1.54) is 18.2 Å². The number of unbranched alkanes of at least 4 members (excludes halogenated alkanes) is 2. The number of nitrogens with one attached hydrogen (secondary N) is 2. The van der Waals surface area contributed by atoms with Gasteiger partial charge in [0.25, 0.3) is 0 Å². The van der Waals surface area contributed by atoms with Crippen LogP contribution < -0.4 is 10.6 Å². The predicted molar refractivity (Wildman–Crippen MR) is 100 cm³/mol. The van der Waals surface area contributed by atoms with Crippen LogP contribution in [-0.4, -0.2) is 51.7 Å². The quantitative estimate of drug-likeness (QED) is 0.335. The van der Waals surface area contributed by atoms with Crippen molar-refractivity contribution in [1.29, 1.82) is 0 Å². The second-order valence-corrected chi connectivity index (χ2v) is 6.37. The van der Waals surface area contributed by atoms with E-state index >= 15 is 0 Å². The van der Waals surface area contributed by atoms with E-state index in [-0.39, 0.29) is 24.8 Å². The van der Waals surface area contributed by atoms with Crippen molar-refractivity contribution < 1.29 is 34.5 Å². The SMILES string of the molecule is CCCCCNC(=O)C(Cc1ccc(O)c(C(=O)O)c1)NC(=O)CCC(=O)O. The molecule has 9 heteroatoms. The van der Waals surface area contributed by atoms with Crippen molar-refractivity contribution in [1.82, 2.24) is 10.6 Å². The van der Waals surface area contributed by atoms with Gasteiger partial charge < -0.3 is 26.0 Å². The number of carboxylic acid groups (broad SMARTS) is 2. The van der Waals surface area contributed by atoms with Crippen LogP contribution in [0.5, 0.6) is 5.75 Å². The molecule has 0 aliphatic heterocycles. The van der Waals surface area contributed by atoms with Crippen LogP contribution in [-0.2, 0) is 20.8 Å². The molecule has 1 aromatic carbocycles. The molecular formula is C19H26N2O7. The van der Waals surface area contributed by atoms with Crippen LogP contribution in [0.4, 0.5) is 0 Å². The van der Waals surface area contributed by atoms with Crippen LogP contribution in [0.25, 0.3) is 0 Å². The Balaban J connectivity index is 2.88. The summed E-state index contributed by atoms with van der Waals surface area (Å²) < 4.78 is 0. The van der Waals surface area contributed by atoms with Crippen molar-refractivity contribution in [3.05, 3.63) is 29.3 Å². The molecule has 0 radical (unpaired) electrons. The smallest absolute Gasteiger partial charge is 0.339 e. The lowest BCUT2D eigenvalue weighted by molar-refractivity contribution is -0.139. The summed E-state index contributed by atoms with van der Waals surface area (Å²) in [7, 11) is 0. The Morgan fingerprint density at radius 3 is 2.39 bits per heavy atom. The van der Waals surface area contributed by atoms with Crippen molar-refractivity contribution in [2.45, 2.75) is 51.5 Å². The standard InChI is InChI=1S/C19H26N2O7/c1-2-3-4-9-20-18(26)14(21-16(23)7-8-17(24)25)11-12-5-6-15(22)13(10-12)19(27)28/h5-6,10,14,22H,2-4,7-9,11H2,1H3,(H,20,26)(H,21,23)(H,24,25)(H,27,28). The zero-order valence-corrected chi connectivity index (χ0v) is 15.7. The lowest BCUT2D eigenvalue weighted by Gasteiger charge is -2.19. The van der Waals surface area contributed by atoms with Gasteiger partial charge in [-0.2, -0.15) is 0 Å². The lowest BCUT2D eigenvalue weighted by Crippen LogP contribution is -2.48. The number of aromatic carboxylic acids is 1. The first-order chi connectivity index (χ1) is 13.2. The van der Waals surface area contributed by atoms with Gasteiger partial charge in [0, 0.05) is 19.4 Å². The highest BCUT2D eigenvalue weighted by Crippen LogP contribution is 2.19. The molecule has 28 heavy (non-hydrogen) atoms. The Morgan fingerprint density at radius 1 is 1.07 bits per heavy atom. The molecule has 0 fully saturated rings. The fourth-order valence-corrected chi connectivity index (χ4v) is 2.52. The summed E-state index contributed by atoms with van der Waals surface area (Å²) in [6.07, 6.45) is 2.07. The van der Waals surface area contributed by atoms with Gasteiger partial charge in [-0.25, -0.2) is 4.79 Å². The molecule has 9 nitrogen and oxygen atoms in total. The topological polar surface area (TPSA) is 153 Å². The van der Waals surface area contributed by atoms with Gasteiger partial charge in [-0.1, -0.05) is 25.8 Å². The van der Waals surface area contributed by atoms with E-state index in [1.807, 2.05) is 6.92 Å². The zero-order chi connectivity index (χ0) is 21.1. The third-order valence-electron chi connectivity index (χ3n) is 4.03. The van der Waals surface area contributed by atoms with Crippen LogP contribution in [0, 0.1) is 0 Å². The van der Waals surface area contributed by atoms with Crippen molar-refractivity contribution in [3.8, 4) is 5.75 Å². The number of benzene rings is 1. The van der Waals surface area contributed by atoms with Gasteiger partial charge in [-0.15, -0.1) is 0 Å². The molecule has 0 aliphatic carbocycles. The number of rotatable bonds is 12. The lowest BCUT2D eigenvalue weighted by atomic mass is 10.0. The fourth-order valence-electron chi connectivity index (χ4n) is 2.52. The Labute approximate surface area is 162 Å². The molecule has 0 spiro atoms. The minimum Gasteiger partial charge on any atom is -0.507 e. The maximum Gasteiger partial charge on any atom is 0.339 e. The second-order valence-electron chi connectivity index (χ2n) is 6.37. The van der Waals surface area contributed by atoms with E-state index in [0.29, 0.717) is 12.1 Å². The van der Waals surface area contributed by atoms with E-state index < -0.39 is 35.5 Å². The molecule has 0 aliphatic rings. The molecule has 1 atom stereocenters. The Hall–Kier alpha value is -3.10. The van der Waals surface area contributed by atoms with Gasteiger partial charge in [0.15, 0.2) is 0 Å². The monoisotopic (exact) mass is 394 g/mol. The molecule has 1 aromatic rings. The van der Waals surface area contributed by atoms with Gasteiger partial charge >= 0.3 is 11.9 Å². The first-order valence-electron chi connectivity index (χ1n) is 9.08. The number of carbonyl (C=O) groups is 4. The minimum atomic E-state index is -1.31. The molecule has 1 unspecified atom stereocenters. The number of aliphatic carboxylic acids is 1. The van der Waals surface area contributed by atoms with Gasteiger partial charge in [0.05, 0.1) is 6.42 Å². The van der Waals surface area contributed by atoms with Gasteiger partial charge in [-0.05, 0) is 24.1 Å². The van der Waals surface area contributed by atoms with Crippen LogP contribution in [0.2, 0.25) is 0 Å². The van der Waals surface area contributed by atoms with E-state index in [0.717, 1.165) is 19.3 Å². The summed E-state index contributed by atoms with van der Waals surface area (Å²) in [5.74, 6) is -3.87. The first kappa shape index (κ1) is 22.9. The largest absolute Gasteiger partial charge is 0.507 e. The van der Waals surface area contributed by atoms with E-state index in [1.54, 1.807) is 0 Å². The van der Waals surface area contributed by atoms with Crippen molar-refractivity contribution >= 4 is 23.8 Å². The van der Waals surface area contributed by atoms with Crippen LogP contribution >= 0.6 is 0 Å². The molecule has 1 rings (SSSR count). The summed E-state index contributed by atoms with van der Waals surface area (Å²) in [5, 5.41) is 32.6. The maximum atomic E-state index is 12.5. The summed E-state index contributed by atoms with van der Waals surface area (Å²) in [6.45, 7) is 2.46. The number of carbonyl (C=O) groups excluding carboxylic acids is 2. The molecule has 0 bridgehead atoms.